The topological polar surface area (TPSA) is 82.6 Å². The van der Waals surface area contributed by atoms with Crippen molar-refractivity contribution < 1.29 is 14.6 Å². The first-order chi connectivity index (χ1) is 11.5. The van der Waals surface area contributed by atoms with Crippen molar-refractivity contribution in [1.82, 2.24) is 5.32 Å². The second-order valence-corrected chi connectivity index (χ2v) is 5.48. The van der Waals surface area contributed by atoms with E-state index in [1.54, 1.807) is 25.2 Å². The monoisotopic (exact) mass is 329 g/mol. The lowest BCUT2D eigenvalue weighted by atomic mass is 10.1. The molecule has 128 valence electrons. The van der Waals surface area contributed by atoms with E-state index in [2.05, 4.69) is 16.0 Å². The van der Waals surface area contributed by atoms with E-state index >= 15 is 0 Å². The highest BCUT2D eigenvalue weighted by Crippen LogP contribution is 2.28. The molecule has 0 saturated carbocycles. The highest BCUT2D eigenvalue weighted by Gasteiger charge is 2.14. The zero-order chi connectivity index (χ0) is 17.5. The molecule has 0 bridgehead atoms. The average Bonchev–Trinajstić information content (AvgIpc) is 2.54. The summed E-state index contributed by atoms with van der Waals surface area (Å²) in [5, 5.41) is 18.5. The van der Waals surface area contributed by atoms with Crippen molar-refractivity contribution in [3.8, 4) is 5.75 Å². The standard InChI is InChI=1S/C18H23N3O3/c1-12-5-4-6-13(9-12)20-18(23)21-14-7-8-15(16(22)11-19-2)17(10-14)24-3/h4-10,16,19,22H,11H2,1-3H3,(H2,20,21,23). The molecule has 2 aromatic carbocycles. The number of ether oxygens (including phenoxy) is 1. The van der Waals surface area contributed by atoms with Crippen LogP contribution in [0.25, 0.3) is 0 Å². The number of benzene rings is 2. The Balaban J connectivity index is 2.08. The minimum Gasteiger partial charge on any atom is -0.496 e. The molecule has 0 radical (unpaired) electrons. The molecule has 0 aromatic heterocycles. The van der Waals surface area contributed by atoms with Gasteiger partial charge in [0.15, 0.2) is 0 Å². The zero-order valence-electron chi connectivity index (χ0n) is 14.1. The summed E-state index contributed by atoms with van der Waals surface area (Å²) in [6.07, 6.45) is -0.680. The Morgan fingerprint density at radius 2 is 1.88 bits per heavy atom. The van der Waals surface area contributed by atoms with Crippen molar-refractivity contribution >= 4 is 17.4 Å². The summed E-state index contributed by atoms with van der Waals surface area (Å²) in [6.45, 7) is 2.38. The van der Waals surface area contributed by atoms with Gasteiger partial charge in [0.25, 0.3) is 0 Å². The van der Waals surface area contributed by atoms with E-state index in [0.29, 0.717) is 23.5 Å². The molecule has 2 amide bonds. The number of aryl methyl sites for hydroxylation is 1. The number of rotatable bonds is 6. The van der Waals surface area contributed by atoms with Crippen LogP contribution in [0, 0.1) is 6.92 Å². The second kappa shape index (κ2) is 8.33. The molecule has 1 atom stereocenters. The smallest absolute Gasteiger partial charge is 0.323 e. The van der Waals surface area contributed by atoms with Gasteiger partial charge in [0, 0.05) is 29.5 Å². The van der Waals surface area contributed by atoms with Crippen molar-refractivity contribution in [3.63, 3.8) is 0 Å². The number of methoxy groups -OCH3 is 1. The number of nitrogens with one attached hydrogen (secondary N) is 3. The Kier molecular flexibility index (Phi) is 6.17. The van der Waals surface area contributed by atoms with E-state index in [9.17, 15) is 9.90 Å². The van der Waals surface area contributed by atoms with Crippen LogP contribution in [0.1, 0.15) is 17.2 Å². The Hall–Kier alpha value is -2.57. The third-order valence-electron chi connectivity index (χ3n) is 3.52. The molecule has 6 nitrogen and oxygen atoms in total. The fourth-order valence-electron chi connectivity index (χ4n) is 2.38. The van der Waals surface area contributed by atoms with Gasteiger partial charge in [0.2, 0.25) is 0 Å². The number of hydrogen-bond donors (Lipinski definition) is 4. The number of aliphatic hydroxyl groups is 1. The van der Waals surface area contributed by atoms with Crippen molar-refractivity contribution in [3.05, 3.63) is 53.6 Å². The molecule has 0 heterocycles. The highest BCUT2D eigenvalue weighted by atomic mass is 16.5. The maximum atomic E-state index is 12.1. The normalized spacial score (nSPS) is 11.7. The van der Waals surface area contributed by atoms with Gasteiger partial charge in [0.05, 0.1) is 13.2 Å². The van der Waals surface area contributed by atoms with Crippen LogP contribution in [-0.2, 0) is 0 Å². The van der Waals surface area contributed by atoms with E-state index in [0.717, 1.165) is 11.3 Å². The predicted molar refractivity (Wildman–Crippen MR) is 95.7 cm³/mol. The van der Waals surface area contributed by atoms with Crippen LogP contribution in [-0.4, -0.2) is 31.8 Å². The number of anilines is 2. The molecule has 0 fully saturated rings. The van der Waals surface area contributed by atoms with Crippen LogP contribution in [0.5, 0.6) is 5.75 Å². The predicted octanol–water partition coefficient (Wildman–Crippen LogP) is 2.90. The van der Waals surface area contributed by atoms with Gasteiger partial charge in [-0.15, -0.1) is 0 Å². The average molecular weight is 329 g/mol. The Bertz CT molecular complexity index is 704. The van der Waals surface area contributed by atoms with Gasteiger partial charge in [0.1, 0.15) is 5.75 Å². The van der Waals surface area contributed by atoms with Crippen molar-refractivity contribution in [2.24, 2.45) is 0 Å². The molecular formula is C18H23N3O3. The van der Waals surface area contributed by atoms with Gasteiger partial charge < -0.3 is 25.8 Å². The second-order valence-electron chi connectivity index (χ2n) is 5.48. The number of urea groups is 1. The largest absolute Gasteiger partial charge is 0.496 e. The lowest BCUT2D eigenvalue weighted by molar-refractivity contribution is 0.173. The lowest BCUT2D eigenvalue weighted by Gasteiger charge is -2.16. The Morgan fingerprint density at radius 3 is 2.50 bits per heavy atom. The number of carbonyl (C=O) groups is 1. The van der Waals surface area contributed by atoms with Crippen LogP contribution < -0.4 is 20.7 Å². The minimum absolute atomic E-state index is 0.342. The molecule has 24 heavy (non-hydrogen) atoms. The van der Waals surface area contributed by atoms with Gasteiger partial charge in [-0.25, -0.2) is 4.79 Å². The summed E-state index contributed by atoms with van der Waals surface area (Å²) in [5.74, 6) is 0.520. The summed E-state index contributed by atoms with van der Waals surface area (Å²) in [5.41, 5.74) is 3.03. The number of aliphatic hydroxyl groups excluding tert-OH is 1. The first-order valence-corrected chi connectivity index (χ1v) is 7.68. The van der Waals surface area contributed by atoms with Gasteiger partial charge in [-0.1, -0.05) is 18.2 Å². The molecule has 0 aliphatic heterocycles. The van der Waals surface area contributed by atoms with Crippen LogP contribution in [0.3, 0.4) is 0 Å². The molecule has 0 spiro atoms. The van der Waals surface area contributed by atoms with Gasteiger partial charge in [-0.3, -0.25) is 0 Å². The van der Waals surface area contributed by atoms with E-state index in [4.69, 9.17) is 4.74 Å². The van der Waals surface area contributed by atoms with E-state index < -0.39 is 6.10 Å². The SMILES string of the molecule is CNCC(O)c1ccc(NC(=O)Nc2cccc(C)c2)cc1OC. The van der Waals surface area contributed by atoms with Crippen LogP contribution in [0.4, 0.5) is 16.2 Å². The molecule has 2 rings (SSSR count). The third-order valence-corrected chi connectivity index (χ3v) is 3.52. The maximum Gasteiger partial charge on any atom is 0.323 e. The molecule has 0 saturated heterocycles. The van der Waals surface area contributed by atoms with Crippen LogP contribution in [0.15, 0.2) is 42.5 Å². The molecule has 2 aromatic rings. The minimum atomic E-state index is -0.680. The summed E-state index contributed by atoms with van der Waals surface area (Å²) in [6, 6.07) is 12.4. The first-order valence-electron chi connectivity index (χ1n) is 7.68. The quantitative estimate of drug-likeness (QED) is 0.657. The molecule has 4 N–H and O–H groups in total. The first kappa shape index (κ1) is 17.8. The van der Waals surface area contributed by atoms with Crippen molar-refractivity contribution in [2.75, 3.05) is 31.3 Å². The number of carbonyl (C=O) groups excluding carboxylic acids is 1. The molecule has 1 unspecified atom stereocenters. The van der Waals surface area contributed by atoms with Gasteiger partial charge in [-0.05, 0) is 37.7 Å². The molecular weight excluding hydrogens is 306 g/mol. The lowest BCUT2D eigenvalue weighted by Crippen LogP contribution is -2.20. The van der Waals surface area contributed by atoms with Gasteiger partial charge in [-0.2, -0.15) is 0 Å². The van der Waals surface area contributed by atoms with E-state index in [1.165, 1.54) is 7.11 Å². The molecule has 0 aliphatic carbocycles. The fraction of sp³-hybridized carbons (Fsp3) is 0.278. The fourth-order valence-corrected chi connectivity index (χ4v) is 2.38. The van der Waals surface area contributed by atoms with Gasteiger partial charge >= 0.3 is 6.03 Å². The maximum absolute atomic E-state index is 12.1. The van der Waals surface area contributed by atoms with E-state index in [1.807, 2.05) is 31.2 Å². The van der Waals surface area contributed by atoms with E-state index in [-0.39, 0.29) is 6.03 Å². The summed E-state index contributed by atoms with van der Waals surface area (Å²) >= 11 is 0. The summed E-state index contributed by atoms with van der Waals surface area (Å²) in [4.78, 5) is 12.1. The summed E-state index contributed by atoms with van der Waals surface area (Å²) < 4.78 is 5.31. The third kappa shape index (κ3) is 4.71. The number of hydrogen-bond acceptors (Lipinski definition) is 4. The Labute approximate surface area is 141 Å². The van der Waals surface area contributed by atoms with Crippen LogP contribution >= 0.6 is 0 Å². The molecule has 6 heteroatoms. The molecule has 0 aliphatic rings. The Morgan fingerprint density at radius 1 is 1.17 bits per heavy atom. The van der Waals surface area contributed by atoms with Crippen molar-refractivity contribution in [1.29, 1.82) is 0 Å². The number of amides is 2. The highest BCUT2D eigenvalue weighted by molar-refractivity contribution is 5.99. The van der Waals surface area contributed by atoms with Crippen molar-refractivity contribution in [2.45, 2.75) is 13.0 Å². The van der Waals surface area contributed by atoms with Crippen LogP contribution in [0.2, 0.25) is 0 Å². The zero-order valence-corrected chi connectivity index (χ0v) is 14.1. The summed E-state index contributed by atoms with van der Waals surface area (Å²) in [7, 11) is 3.29. The number of likely N-dealkylation sites (N-methyl/N-ethyl adjacent to an activating group) is 1.